The van der Waals surface area contributed by atoms with Crippen molar-refractivity contribution < 1.29 is 28.9 Å². The molecule has 2 aliphatic rings. The smallest absolute Gasteiger partial charge is 0.336 e. The Morgan fingerprint density at radius 2 is 1.88 bits per heavy atom. The summed E-state index contributed by atoms with van der Waals surface area (Å²) in [6, 6.07) is 12.8. The standard InChI is InChI=1S/C22H21N5O6/c1-31-13-6-4-5-12(9-13)20-24-25-26-27(20)17-11-33-18-16(10-32-19(17)18)23-21(28)14-7-2-3-8-15(14)22(29)30/h2-9,16-19H,10-11H2,1H3,(H,23,28)(H,29,30)/t16-,17+,18-,19+/m0/s1. The van der Waals surface area contributed by atoms with Gasteiger partial charge in [-0.25, -0.2) is 9.48 Å². The summed E-state index contributed by atoms with van der Waals surface area (Å²) in [6.07, 6.45) is -0.795. The van der Waals surface area contributed by atoms with E-state index < -0.39 is 24.0 Å². The number of aromatic nitrogens is 4. The Hall–Kier alpha value is -3.83. The number of carbonyl (C=O) groups excluding carboxylic acids is 1. The zero-order valence-corrected chi connectivity index (χ0v) is 17.6. The molecule has 0 unspecified atom stereocenters. The van der Waals surface area contributed by atoms with Crippen molar-refractivity contribution in [3.8, 4) is 17.1 Å². The topological polar surface area (TPSA) is 138 Å². The number of nitrogens with one attached hydrogen (secondary N) is 1. The van der Waals surface area contributed by atoms with Gasteiger partial charge in [0.05, 0.1) is 37.5 Å². The van der Waals surface area contributed by atoms with Gasteiger partial charge in [-0.1, -0.05) is 24.3 Å². The number of nitrogens with zero attached hydrogens (tertiary/aromatic N) is 4. The fourth-order valence-corrected chi connectivity index (χ4v) is 4.30. The monoisotopic (exact) mass is 451 g/mol. The second-order valence-corrected chi connectivity index (χ2v) is 7.77. The minimum atomic E-state index is -1.16. The van der Waals surface area contributed by atoms with E-state index in [1.54, 1.807) is 23.9 Å². The van der Waals surface area contributed by atoms with Crippen LogP contribution in [0.25, 0.3) is 11.4 Å². The molecule has 0 radical (unpaired) electrons. The lowest BCUT2D eigenvalue weighted by Gasteiger charge is -2.18. The number of amides is 1. The van der Waals surface area contributed by atoms with Crippen molar-refractivity contribution in [3.63, 3.8) is 0 Å². The Balaban J connectivity index is 1.34. The first-order valence-corrected chi connectivity index (χ1v) is 10.4. The molecule has 170 valence electrons. The van der Waals surface area contributed by atoms with Crippen molar-refractivity contribution in [2.24, 2.45) is 0 Å². The normalized spacial score (nSPS) is 23.8. The van der Waals surface area contributed by atoms with E-state index in [1.807, 2.05) is 24.3 Å². The molecule has 5 rings (SSSR count). The van der Waals surface area contributed by atoms with Gasteiger partial charge in [0.2, 0.25) is 0 Å². The number of rotatable bonds is 6. The van der Waals surface area contributed by atoms with Gasteiger partial charge in [-0.3, -0.25) is 4.79 Å². The molecule has 11 heteroatoms. The molecular weight excluding hydrogens is 430 g/mol. The average Bonchev–Trinajstić information content (AvgIpc) is 3.56. The second-order valence-electron chi connectivity index (χ2n) is 7.77. The molecule has 2 fully saturated rings. The molecule has 2 aliphatic heterocycles. The molecule has 11 nitrogen and oxygen atoms in total. The van der Waals surface area contributed by atoms with Crippen LogP contribution in [0, 0.1) is 0 Å². The molecular formula is C22H21N5O6. The minimum absolute atomic E-state index is 0.0627. The molecule has 0 bridgehead atoms. The van der Waals surface area contributed by atoms with Crippen molar-refractivity contribution in [3.05, 3.63) is 59.7 Å². The number of ether oxygens (including phenoxy) is 3. The average molecular weight is 451 g/mol. The summed E-state index contributed by atoms with van der Waals surface area (Å²) in [6.45, 7) is 0.527. The van der Waals surface area contributed by atoms with Crippen molar-refractivity contribution in [1.82, 2.24) is 25.5 Å². The highest BCUT2D eigenvalue weighted by Crippen LogP contribution is 2.36. The van der Waals surface area contributed by atoms with E-state index in [4.69, 9.17) is 14.2 Å². The predicted molar refractivity (Wildman–Crippen MR) is 113 cm³/mol. The van der Waals surface area contributed by atoms with E-state index in [-0.39, 0.29) is 29.9 Å². The van der Waals surface area contributed by atoms with Gasteiger partial charge < -0.3 is 24.6 Å². The molecule has 0 saturated carbocycles. The molecule has 0 aliphatic carbocycles. The Kier molecular flexibility index (Phi) is 5.48. The van der Waals surface area contributed by atoms with Crippen LogP contribution in [0.1, 0.15) is 26.8 Å². The number of tetrazole rings is 1. The van der Waals surface area contributed by atoms with E-state index in [9.17, 15) is 14.7 Å². The van der Waals surface area contributed by atoms with Gasteiger partial charge in [0.25, 0.3) is 5.91 Å². The highest BCUT2D eigenvalue weighted by Gasteiger charge is 2.50. The third-order valence-electron chi connectivity index (χ3n) is 5.88. The van der Waals surface area contributed by atoms with Crippen molar-refractivity contribution in [2.45, 2.75) is 24.3 Å². The summed E-state index contributed by atoms with van der Waals surface area (Å²) in [5.41, 5.74) is 0.812. The molecule has 1 amide bonds. The van der Waals surface area contributed by atoms with Crippen LogP contribution in [0.15, 0.2) is 48.5 Å². The van der Waals surface area contributed by atoms with Crippen LogP contribution in [0.3, 0.4) is 0 Å². The van der Waals surface area contributed by atoms with Gasteiger partial charge in [-0.15, -0.1) is 5.10 Å². The fourth-order valence-electron chi connectivity index (χ4n) is 4.30. The van der Waals surface area contributed by atoms with E-state index in [0.29, 0.717) is 18.2 Å². The van der Waals surface area contributed by atoms with Gasteiger partial charge in [0.1, 0.15) is 24.0 Å². The van der Waals surface area contributed by atoms with Crippen molar-refractivity contribution >= 4 is 11.9 Å². The molecule has 2 N–H and O–H groups in total. The quantitative estimate of drug-likeness (QED) is 0.566. The number of carboxylic acid groups (broad SMARTS) is 1. The number of carboxylic acids is 1. The molecule has 4 atom stereocenters. The van der Waals surface area contributed by atoms with Crippen LogP contribution in [-0.4, -0.2) is 75.8 Å². The maximum Gasteiger partial charge on any atom is 0.336 e. The van der Waals surface area contributed by atoms with Gasteiger partial charge in [0.15, 0.2) is 5.82 Å². The van der Waals surface area contributed by atoms with Crippen LogP contribution >= 0.6 is 0 Å². The first kappa shape index (κ1) is 21.0. The van der Waals surface area contributed by atoms with Crippen LogP contribution in [0.5, 0.6) is 5.75 Å². The van der Waals surface area contributed by atoms with Crippen LogP contribution in [0.4, 0.5) is 0 Å². The summed E-state index contributed by atoms with van der Waals surface area (Å²) < 4.78 is 18.9. The summed E-state index contributed by atoms with van der Waals surface area (Å²) in [5.74, 6) is -0.422. The first-order chi connectivity index (χ1) is 16.1. The SMILES string of the molecule is COc1cccc(-c2nnnn2[C@@H]2CO[C@@H]3[C@@H]2OC[C@@H]3NC(=O)c2ccccc2C(=O)O)c1. The number of carbonyl (C=O) groups is 2. The minimum Gasteiger partial charge on any atom is -0.497 e. The summed E-state index contributed by atoms with van der Waals surface area (Å²) >= 11 is 0. The lowest BCUT2D eigenvalue weighted by atomic mass is 10.0. The number of methoxy groups -OCH3 is 1. The molecule has 1 aromatic heterocycles. The number of benzene rings is 2. The number of hydrogen-bond donors (Lipinski definition) is 2. The highest BCUT2D eigenvalue weighted by molar-refractivity contribution is 6.04. The van der Waals surface area contributed by atoms with Gasteiger partial charge in [-0.05, 0) is 34.7 Å². The fraction of sp³-hybridized carbons (Fsp3) is 0.318. The van der Waals surface area contributed by atoms with E-state index in [2.05, 4.69) is 20.8 Å². The largest absolute Gasteiger partial charge is 0.497 e. The summed E-state index contributed by atoms with van der Waals surface area (Å²) in [4.78, 5) is 24.2. The Bertz CT molecular complexity index is 1200. The maximum absolute atomic E-state index is 12.8. The summed E-state index contributed by atoms with van der Waals surface area (Å²) in [7, 11) is 1.59. The molecule has 3 heterocycles. The zero-order valence-electron chi connectivity index (χ0n) is 17.6. The van der Waals surface area contributed by atoms with Crippen LogP contribution in [0.2, 0.25) is 0 Å². The van der Waals surface area contributed by atoms with E-state index >= 15 is 0 Å². The molecule has 2 saturated heterocycles. The number of fused-ring (bicyclic) bond motifs is 1. The van der Waals surface area contributed by atoms with Crippen molar-refractivity contribution in [1.29, 1.82) is 0 Å². The lowest BCUT2D eigenvalue weighted by Crippen LogP contribution is -2.44. The third-order valence-corrected chi connectivity index (χ3v) is 5.88. The lowest BCUT2D eigenvalue weighted by molar-refractivity contribution is 0.0613. The second kappa shape index (κ2) is 8.60. The first-order valence-electron chi connectivity index (χ1n) is 10.4. The van der Waals surface area contributed by atoms with Crippen LogP contribution in [-0.2, 0) is 9.47 Å². The van der Waals surface area contributed by atoms with Gasteiger partial charge in [-0.2, -0.15) is 0 Å². The zero-order chi connectivity index (χ0) is 22.9. The molecule has 0 spiro atoms. The van der Waals surface area contributed by atoms with Gasteiger partial charge in [0, 0.05) is 5.56 Å². The van der Waals surface area contributed by atoms with Crippen LogP contribution < -0.4 is 10.1 Å². The summed E-state index contributed by atoms with van der Waals surface area (Å²) in [5, 5.41) is 24.4. The third kappa shape index (κ3) is 3.81. The van der Waals surface area contributed by atoms with Gasteiger partial charge >= 0.3 is 5.97 Å². The Labute approximate surface area is 188 Å². The Morgan fingerprint density at radius 1 is 1.09 bits per heavy atom. The highest BCUT2D eigenvalue weighted by atomic mass is 16.6. The van der Waals surface area contributed by atoms with E-state index in [1.165, 1.54) is 12.1 Å². The maximum atomic E-state index is 12.8. The molecule has 2 aromatic carbocycles. The van der Waals surface area contributed by atoms with E-state index in [0.717, 1.165) is 5.56 Å². The molecule has 3 aromatic rings. The molecule has 33 heavy (non-hydrogen) atoms. The van der Waals surface area contributed by atoms with Crippen molar-refractivity contribution in [2.75, 3.05) is 20.3 Å². The predicted octanol–water partition coefficient (Wildman–Crippen LogP) is 1.18. The number of hydrogen-bond acceptors (Lipinski definition) is 8. The Morgan fingerprint density at radius 3 is 2.67 bits per heavy atom. The number of aromatic carboxylic acids is 1.